The van der Waals surface area contributed by atoms with Gasteiger partial charge in [0.05, 0.1) is 13.0 Å². The summed E-state index contributed by atoms with van der Waals surface area (Å²) in [6, 6.07) is 0. The standard InChI is InChI=1S/C5H10N2O4/c6-4(9)1-3(2-8)11-5(7)10/h3,8H,1-2H2,(H2,6,9)(H2,7,10). The van der Waals surface area contributed by atoms with Gasteiger partial charge in [0.2, 0.25) is 5.91 Å². The molecular formula is C5H10N2O4. The maximum Gasteiger partial charge on any atom is 0.404 e. The van der Waals surface area contributed by atoms with E-state index in [4.69, 9.17) is 10.8 Å². The molecule has 1 unspecified atom stereocenters. The summed E-state index contributed by atoms with van der Waals surface area (Å²) in [6.45, 7) is -0.466. The summed E-state index contributed by atoms with van der Waals surface area (Å²) in [5.41, 5.74) is 9.38. The van der Waals surface area contributed by atoms with Gasteiger partial charge in [0.1, 0.15) is 6.10 Å². The molecule has 0 radical (unpaired) electrons. The molecule has 6 nitrogen and oxygen atoms in total. The topological polar surface area (TPSA) is 116 Å². The molecule has 0 heterocycles. The lowest BCUT2D eigenvalue weighted by Gasteiger charge is -2.10. The first-order valence-corrected chi connectivity index (χ1v) is 2.91. The maximum atomic E-state index is 10.2. The number of hydrogen-bond acceptors (Lipinski definition) is 4. The summed E-state index contributed by atoms with van der Waals surface area (Å²) in [7, 11) is 0. The largest absolute Gasteiger partial charge is 0.443 e. The molecular weight excluding hydrogens is 152 g/mol. The van der Waals surface area contributed by atoms with Crippen molar-refractivity contribution < 1.29 is 19.4 Å². The monoisotopic (exact) mass is 162 g/mol. The first kappa shape index (κ1) is 9.70. The second kappa shape index (κ2) is 4.51. The Morgan fingerprint density at radius 2 is 2.00 bits per heavy atom. The highest BCUT2D eigenvalue weighted by Crippen LogP contribution is 1.95. The molecule has 1 atom stereocenters. The van der Waals surface area contributed by atoms with Crippen molar-refractivity contribution in [2.75, 3.05) is 6.61 Å². The van der Waals surface area contributed by atoms with Crippen molar-refractivity contribution in [3.8, 4) is 0 Å². The first-order chi connectivity index (χ1) is 5.06. The van der Waals surface area contributed by atoms with Crippen LogP contribution in [0.1, 0.15) is 6.42 Å². The molecule has 64 valence electrons. The number of aliphatic hydroxyl groups is 1. The Morgan fingerprint density at radius 1 is 1.45 bits per heavy atom. The highest BCUT2D eigenvalue weighted by atomic mass is 16.6. The third-order valence-electron chi connectivity index (χ3n) is 0.915. The van der Waals surface area contributed by atoms with E-state index in [0.717, 1.165) is 0 Å². The Morgan fingerprint density at radius 3 is 2.27 bits per heavy atom. The number of ether oxygens (including phenoxy) is 1. The third-order valence-corrected chi connectivity index (χ3v) is 0.915. The molecule has 0 aliphatic carbocycles. The fourth-order valence-corrected chi connectivity index (χ4v) is 0.532. The van der Waals surface area contributed by atoms with Crippen molar-refractivity contribution >= 4 is 12.0 Å². The Balaban J connectivity index is 3.76. The number of carbonyl (C=O) groups is 2. The van der Waals surface area contributed by atoms with Crippen LogP contribution >= 0.6 is 0 Å². The minimum Gasteiger partial charge on any atom is -0.443 e. The van der Waals surface area contributed by atoms with Gasteiger partial charge in [0.15, 0.2) is 0 Å². The lowest BCUT2D eigenvalue weighted by Crippen LogP contribution is -2.30. The summed E-state index contributed by atoms with van der Waals surface area (Å²) >= 11 is 0. The minimum absolute atomic E-state index is 0.223. The number of hydrogen-bond donors (Lipinski definition) is 3. The lowest BCUT2D eigenvalue weighted by atomic mass is 10.2. The predicted octanol–water partition coefficient (Wildman–Crippen LogP) is -1.68. The van der Waals surface area contributed by atoms with Gasteiger partial charge in [-0.1, -0.05) is 0 Å². The third kappa shape index (κ3) is 5.16. The van der Waals surface area contributed by atoms with Crippen molar-refractivity contribution in [2.45, 2.75) is 12.5 Å². The van der Waals surface area contributed by atoms with E-state index in [2.05, 4.69) is 10.5 Å². The zero-order valence-corrected chi connectivity index (χ0v) is 5.82. The Kier molecular flexibility index (Phi) is 3.97. The highest BCUT2D eigenvalue weighted by molar-refractivity contribution is 5.75. The van der Waals surface area contributed by atoms with E-state index in [0.29, 0.717) is 0 Å². The summed E-state index contributed by atoms with van der Waals surface area (Å²) in [5, 5.41) is 8.48. The van der Waals surface area contributed by atoms with Crippen molar-refractivity contribution in [1.82, 2.24) is 0 Å². The molecule has 0 aromatic heterocycles. The minimum atomic E-state index is -1.04. The normalized spacial score (nSPS) is 12.1. The molecule has 0 rings (SSSR count). The Hall–Kier alpha value is -1.30. The molecule has 0 saturated carbocycles. The number of amides is 2. The predicted molar refractivity (Wildman–Crippen MR) is 35.4 cm³/mol. The van der Waals surface area contributed by atoms with Crippen molar-refractivity contribution in [3.63, 3.8) is 0 Å². The lowest BCUT2D eigenvalue weighted by molar-refractivity contribution is -0.120. The Bertz CT molecular complexity index is 143. The van der Waals surface area contributed by atoms with Crippen LogP contribution in [0.3, 0.4) is 0 Å². The van der Waals surface area contributed by atoms with Crippen LogP contribution in [0.5, 0.6) is 0 Å². The molecule has 2 amide bonds. The van der Waals surface area contributed by atoms with Gasteiger partial charge >= 0.3 is 6.09 Å². The van der Waals surface area contributed by atoms with Crippen LogP contribution in [0.15, 0.2) is 0 Å². The van der Waals surface area contributed by atoms with E-state index in [1.807, 2.05) is 0 Å². The molecule has 0 saturated heterocycles. The van der Waals surface area contributed by atoms with Crippen LogP contribution in [-0.2, 0) is 9.53 Å². The molecule has 0 fully saturated rings. The van der Waals surface area contributed by atoms with Gasteiger partial charge in [0.25, 0.3) is 0 Å². The SMILES string of the molecule is NC(=O)CC(CO)OC(N)=O. The van der Waals surface area contributed by atoms with Crippen LogP contribution in [0.2, 0.25) is 0 Å². The highest BCUT2D eigenvalue weighted by Gasteiger charge is 2.13. The van der Waals surface area contributed by atoms with Gasteiger partial charge < -0.3 is 21.3 Å². The maximum absolute atomic E-state index is 10.2. The average molecular weight is 162 g/mol. The van der Waals surface area contributed by atoms with Gasteiger partial charge in [-0.25, -0.2) is 4.79 Å². The zero-order valence-electron chi connectivity index (χ0n) is 5.82. The number of nitrogens with two attached hydrogens (primary N) is 2. The van der Waals surface area contributed by atoms with Gasteiger partial charge in [-0.3, -0.25) is 4.79 Å². The second-order valence-corrected chi connectivity index (χ2v) is 1.91. The fraction of sp³-hybridized carbons (Fsp3) is 0.600. The van der Waals surface area contributed by atoms with Crippen molar-refractivity contribution in [1.29, 1.82) is 0 Å². The summed E-state index contributed by atoms with van der Waals surface area (Å²) < 4.78 is 4.30. The van der Waals surface area contributed by atoms with E-state index >= 15 is 0 Å². The molecule has 0 bridgehead atoms. The molecule has 5 N–H and O–H groups in total. The number of carbonyl (C=O) groups excluding carboxylic acids is 2. The zero-order chi connectivity index (χ0) is 8.85. The van der Waals surface area contributed by atoms with Crippen molar-refractivity contribution in [2.24, 2.45) is 11.5 Å². The molecule has 0 aromatic carbocycles. The van der Waals surface area contributed by atoms with Crippen LogP contribution in [0.4, 0.5) is 4.79 Å². The smallest absolute Gasteiger partial charge is 0.404 e. The van der Waals surface area contributed by atoms with E-state index < -0.39 is 24.7 Å². The van der Waals surface area contributed by atoms with E-state index in [1.54, 1.807) is 0 Å². The van der Waals surface area contributed by atoms with Crippen LogP contribution < -0.4 is 11.5 Å². The number of primary amides is 2. The second-order valence-electron chi connectivity index (χ2n) is 1.91. The molecule has 0 aliphatic rings. The quantitative estimate of drug-likeness (QED) is 0.457. The van der Waals surface area contributed by atoms with Crippen LogP contribution in [0, 0.1) is 0 Å². The first-order valence-electron chi connectivity index (χ1n) is 2.91. The van der Waals surface area contributed by atoms with Gasteiger partial charge in [0, 0.05) is 0 Å². The summed E-state index contributed by atoms with van der Waals surface area (Å²) in [6.07, 6.45) is -2.19. The number of rotatable bonds is 4. The molecule has 0 spiro atoms. The van der Waals surface area contributed by atoms with Gasteiger partial charge in [-0.15, -0.1) is 0 Å². The molecule has 11 heavy (non-hydrogen) atoms. The van der Waals surface area contributed by atoms with Crippen LogP contribution in [0.25, 0.3) is 0 Å². The van der Waals surface area contributed by atoms with Crippen LogP contribution in [-0.4, -0.2) is 29.8 Å². The number of aliphatic hydroxyl groups excluding tert-OH is 1. The average Bonchev–Trinajstić information content (AvgIpc) is 1.84. The molecule has 0 aromatic rings. The summed E-state index contributed by atoms with van der Waals surface area (Å²) in [5.74, 6) is -0.662. The molecule has 6 heteroatoms. The van der Waals surface area contributed by atoms with Crippen molar-refractivity contribution in [3.05, 3.63) is 0 Å². The van der Waals surface area contributed by atoms with E-state index in [-0.39, 0.29) is 6.42 Å². The van der Waals surface area contributed by atoms with Gasteiger partial charge in [-0.05, 0) is 0 Å². The fourth-order valence-electron chi connectivity index (χ4n) is 0.532. The summed E-state index contributed by atoms with van der Waals surface area (Å²) in [4.78, 5) is 20.3. The van der Waals surface area contributed by atoms with Gasteiger partial charge in [-0.2, -0.15) is 0 Å². The Labute approximate surface area is 63.1 Å². The molecule has 0 aliphatic heterocycles. The van der Waals surface area contributed by atoms with E-state index in [9.17, 15) is 9.59 Å². The van der Waals surface area contributed by atoms with E-state index in [1.165, 1.54) is 0 Å².